The van der Waals surface area contributed by atoms with Crippen LogP contribution in [0, 0.1) is 5.82 Å². The molecule has 2 aromatic carbocycles. The van der Waals surface area contributed by atoms with Crippen molar-refractivity contribution in [2.24, 2.45) is 0 Å². The van der Waals surface area contributed by atoms with E-state index in [0.717, 1.165) is 10.4 Å². The van der Waals surface area contributed by atoms with E-state index in [2.05, 4.69) is 15.4 Å². The van der Waals surface area contributed by atoms with Gasteiger partial charge in [-0.3, -0.25) is 9.59 Å². The van der Waals surface area contributed by atoms with Crippen molar-refractivity contribution in [2.75, 3.05) is 17.7 Å². The van der Waals surface area contributed by atoms with Gasteiger partial charge < -0.3 is 10.6 Å². The van der Waals surface area contributed by atoms with Crippen LogP contribution in [-0.4, -0.2) is 38.1 Å². The number of carbonyl (C=O) groups is 2. The molecule has 1 heterocycles. The fourth-order valence-corrected chi connectivity index (χ4v) is 4.46. The van der Waals surface area contributed by atoms with Gasteiger partial charge in [-0.15, -0.1) is 0 Å². The van der Waals surface area contributed by atoms with E-state index in [0.29, 0.717) is 17.7 Å². The minimum atomic E-state index is -3.92. The van der Waals surface area contributed by atoms with E-state index in [1.165, 1.54) is 19.2 Å². The third kappa shape index (κ3) is 4.73. The van der Waals surface area contributed by atoms with Crippen LogP contribution in [0.2, 0.25) is 5.02 Å². The number of anilines is 2. The summed E-state index contributed by atoms with van der Waals surface area (Å²) in [5.41, 5.74) is 1.45. The van der Waals surface area contributed by atoms with Crippen LogP contribution in [0.1, 0.15) is 18.0 Å². The average Bonchev–Trinajstić information content (AvgIpc) is 2.67. The molecule has 0 radical (unpaired) electrons. The van der Waals surface area contributed by atoms with E-state index >= 15 is 0 Å². The number of benzene rings is 2. The lowest BCUT2D eigenvalue weighted by molar-refractivity contribution is -0.120. The Bertz CT molecular complexity index is 1030. The van der Waals surface area contributed by atoms with Crippen LogP contribution in [0.4, 0.5) is 15.8 Å². The molecule has 2 aromatic rings. The summed E-state index contributed by atoms with van der Waals surface area (Å²) in [6.45, 7) is 0. The van der Waals surface area contributed by atoms with Crippen LogP contribution in [0.15, 0.2) is 42.5 Å². The third-order valence-electron chi connectivity index (χ3n) is 4.60. The van der Waals surface area contributed by atoms with E-state index in [4.69, 9.17) is 11.6 Å². The molecule has 3 N–H and O–H groups in total. The van der Waals surface area contributed by atoms with E-state index in [1.807, 2.05) is 0 Å². The fraction of sp³-hybridized carbons (Fsp3) is 0.222. The molecule has 1 fully saturated rings. The highest BCUT2D eigenvalue weighted by Gasteiger charge is 2.40. The molecule has 1 aliphatic heterocycles. The van der Waals surface area contributed by atoms with Crippen LogP contribution in [0.5, 0.6) is 0 Å². The van der Waals surface area contributed by atoms with Gasteiger partial charge in [0.15, 0.2) is 0 Å². The number of rotatable bonds is 5. The van der Waals surface area contributed by atoms with E-state index in [1.54, 1.807) is 24.3 Å². The predicted molar refractivity (Wildman–Crippen MR) is 107 cm³/mol. The first-order chi connectivity index (χ1) is 13.7. The lowest BCUT2D eigenvalue weighted by Crippen LogP contribution is -2.55. The van der Waals surface area contributed by atoms with Crippen LogP contribution in [-0.2, 0) is 19.8 Å². The molecule has 0 aromatic heterocycles. The molecule has 11 heteroatoms. The molecule has 154 valence electrons. The predicted octanol–water partition coefficient (Wildman–Crippen LogP) is 2.27. The first-order valence-electron chi connectivity index (χ1n) is 8.52. The monoisotopic (exact) mass is 440 g/mol. The van der Waals surface area contributed by atoms with Crippen molar-refractivity contribution >= 4 is 45.5 Å². The maximum atomic E-state index is 13.3. The van der Waals surface area contributed by atoms with Crippen molar-refractivity contribution in [3.8, 4) is 0 Å². The Hall–Kier alpha value is -2.53. The standard InChI is InChI=1S/C18H18ClFN4O4S/c1-24-17(18(26)22-13-6-7-15(20)14(19)8-13)9-16(23-29(24,27)28)11-2-4-12(5-3-11)21-10-25/h2-8,10,16-17,23H,9H2,1H3,(H,21,25)(H,22,26)/t16-,17+/m0/s1. The Labute approximate surface area is 172 Å². The second-order valence-electron chi connectivity index (χ2n) is 6.45. The van der Waals surface area contributed by atoms with Crippen LogP contribution in [0.25, 0.3) is 0 Å². The summed E-state index contributed by atoms with van der Waals surface area (Å²) < 4.78 is 41.8. The molecule has 0 bridgehead atoms. The molecule has 29 heavy (non-hydrogen) atoms. The number of carbonyl (C=O) groups excluding carboxylic acids is 2. The summed E-state index contributed by atoms with van der Waals surface area (Å²) in [6.07, 6.45) is 0.701. The maximum absolute atomic E-state index is 13.3. The largest absolute Gasteiger partial charge is 0.329 e. The Morgan fingerprint density at radius 2 is 1.90 bits per heavy atom. The molecule has 1 aliphatic rings. The van der Waals surface area contributed by atoms with Crippen molar-refractivity contribution in [1.29, 1.82) is 0 Å². The zero-order valence-electron chi connectivity index (χ0n) is 15.2. The lowest BCUT2D eigenvalue weighted by Gasteiger charge is -2.36. The Morgan fingerprint density at radius 3 is 2.52 bits per heavy atom. The summed E-state index contributed by atoms with van der Waals surface area (Å²) in [4.78, 5) is 23.3. The van der Waals surface area contributed by atoms with Crippen LogP contribution < -0.4 is 15.4 Å². The lowest BCUT2D eigenvalue weighted by atomic mass is 9.99. The molecule has 0 saturated carbocycles. The molecule has 1 saturated heterocycles. The maximum Gasteiger partial charge on any atom is 0.280 e. The molecular formula is C18H18ClFN4O4S. The number of amides is 2. The van der Waals surface area contributed by atoms with Gasteiger partial charge in [0.25, 0.3) is 10.2 Å². The van der Waals surface area contributed by atoms with Crippen molar-refractivity contribution in [3.63, 3.8) is 0 Å². The van der Waals surface area contributed by atoms with Gasteiger partial charge in [-0.2, -0.15) is 17.4 Å². The normalized spacial score (nSPS) is 21.3. The number of nitrogens with one attached hydrogen (secondary N) is 3. The molecular weight excluding hydrogens is 423 g/mol. The van der Waals surface area contributed by atoms with Crippen LogP contribution in [0.3, 0.4) is 0 Å². The Balaban J connectivity index is 1.82. The average molecular weight is 441 g/mol. The first kappa shape index (κ1) is 21.2. The molecule has 8 nitrogen and oxygen atoms in total. The van der Waals surface area contributed by atoms with Crippen LogP contribution >= 0.6 is 11.6 Å². The number of hydrogen-bond donors (Lipinski definition) is 3. The first-order valence-corrected chi connectivity index (χ1v) is 10.3. The molecule has 2 amide bonds. The van der Waals surface area contributed by atoms with Crippen molar-refractivity contribution in [1.82, 2.24) is 9.03 Å². The van der Waals surface area contributed by atoms with Gasteiger partial charge in [-0.25, -0.2) is 4.39 Å². The Kier molecular flexibility index (Phi) is 6.18. The number of likely N-dealkylation sites (N-methyl/N-ethyl adjacent to an activating group) is 1. The van der Waals surface area contributed by atoms with E-state index in [9.17, 15) is 22.4 Å². The minimum absolute atomic E-state index is 0.156. The SMILES string of the molecule is CN1[C@@H](C(=O)Nc2ccc(F)c(Cl)c2)C[C@@H](c2ccc(NC=O)cc2)NS1(=O)=O. The molecule has 3 rings (SSSR count). The van der Waals surface area contributed by atoms with Crippen molar-refractivity contribution < 1.29 is 22.4 Å². The summed E-state index contributed by atoms with van der Waals surface area (Å²) in [6, 6.07) is 8.65. The quantitative estimate of drug-likeness (QED) is 0.620. The highest BCUT2D eigenvalue weighted by atomic mass is 35.5. The smallest absolute Gasteiger partial charge is 0.280 e. The van der Waals surface area contributed by atoms with Gasteiger partial charge in [0, 0.05) is 24.5 Å². The second-order valence-corrected chi connectivity index (χ2v) is 8.61. The summed E-state index contributed by atoms with van der Waals surface area (Å²) in [7, 11) is -2.61. The summed E-state index contributed by atoms with van der Waals surface area (Å²) in [5, 5.41) is 4.91. The second kappa shape index (κ2) is 8.46. The molecule has 0 spiro atoms. The minimum Gasteiger partial charge on any atom is -0.329 e. The number of nitrogens with zero attached hydrogens (tertiary/aromatic N) is 1. The van der Waals surface area contributed by atoms with Gasteiger partial charge >= 0.3 is 0 Å². The van der Waals surface area contributed by atoms with E-state index in [-0.39, 0.29) is 17.1 Å². The van der Waals surface area contributed by atoms with Gasteiger partial charge in [-0.1, -0.05) is 23.7 Å². The van der Waals surface area contributed by atoms with Crippen molar-refractivity contribution in [2.45, 2.75) is 18.5 Å². The summed E-state index contributed by atoms with van der Waals surface area (Å²) >= 11 is 5.73. The molecule has 2 atom stereocenters. The zero-order valence-corrected chi connectivity index (χ0v) is 16.8. The highest BCUT2D eigenvalue weighted by Crippen LogP contribution is 2.29. The zero-order chi connectivity index (χ0) is 21.2. The van der Waals surface area contributed by atoms with Crippen molar-refractivity contribution in [3.05, 3.63) is 58.9 Å². The third-order valence-corrected chi connectivity index (χ3v) is 6.48. The molecule has 0 unspecified atom stereocenters. The summed E-state index contributed by atoms with van der Waals surface area (Å²) in [5.74, 6) is -1.19. The van der Waals surface area contributed by atoms with Gasteiger partial charge in [0.2, 0.25) is 12.3 Å². The van der Waals surface area contributed by atoms with Gasteiger partial charge in [0.1, 0.15) is 11.9 Å². The highest BCUT2D eigenvalue weighted by molar-refractivity contribution is 7.87. The number of halogens is 2. The van der Waals surface area contributed by atoms with Gasteiger partial charge in [0.05, 0.1) is 5.02 Å². The Morgan fingerprint density at radius 1 is 1.24 bits per heavy atom. The molecule has 0 aliphatic carbocycles. The van der Waals surface area contributed by atoms with E-state index < -0.39 is 34.0 Å². The van der Waals surface area contributed by atoms with Gasteiger partial charge in [-0.05, 0) is 42.3 Å². The fourth-order valence-electron chi connectivity index (χ4n) is 3.01. The number of hydrogen-bond acceptors (Lipinski definition) is 4. The topological polar surface area (TPSA) is 108 Å².